The maximum Gasteiger partial charge on any atom is 0.219 e. The van der Waals surface area contributed by atoms with Gasteiger partial charge in [-0.3, -0.25) is 5.41 Å². The van der Waals surface area contributed by atoms with Crippen LogP contribution in [0.2, 0.25) is 0 Å². The zero-order valence-electron chi connectivity index (χ0n) is 11.3. The number of hydrogen-bond acceptors (Lipinski definition) is 3. The van der Waals surface area contributed by atoms with E-state index in [0.29, 0.717) is 11.6 Å². The van der Waals surface area contributed by atoms with Crippen LogP contribution in [0.25, 0.3) is 0 Å². The van der Waals surface area contributed by atoms with Gasteiger partial charge in [0.2, 0.25) is 5.88 Å². The SMILES string of the molecule is Cc1ccc(C)c(Oc2cccc(C(=N)N)n2)c1C. The van der Waals surface area contributed by atoms with Crippen LogP contribution in [-0.2, 0) is 0 Å². The van der Waals surface area contributed by atoms with Crippen molar-refractivity contribution in [3.8, 4) is 11.6 Å². The molecule has 2 rings (SSSR count). The quantitative estimate of drug-likeness (QED) is 0.654. The lowest BCUT2D eigenvalue weighted by Crippen LogP contribution is -2.13. The predicted octanol–water partition coefficient (Wildman–Crippen LogP) is 3.08. The fourth-order valence-corrected chi connectivity index (χ4v) is 1.81. The summed E-state index contributed by atoms with van der Waals surface area (Å²) in [4.78, 5) is 4.21. The van der Waals surface area contributed by atoms with E-state index in [2.05, 4.69) is 11.1 Å². The van der Waals surface area contributed by atoms with Gasteiger partial charge in [-0.15, -0.1) is 0 Å². The summed E-state index contributed by atoms with van der Waals surface area (Å²) < 4.78 is 5.85. The van der Waals surface area contributed by atoms with E-state index in [0.717, 1.165) is 16.9 Å². The van der Waals surface area contributed by atoms with Crippen molar-refractivity contribution in [3.05, 3.63) is 52.7 Å². The highest BCUT2D eigenvalue weighted by Crippen LogP contribution is 2.29. The fourth-order valence-electron chi connectivity index (χ4n) is 1.81. The monoisotopic (exact) mass is 255 g/mol. The Balaban J connectivity index is 2.39. The van der Waals surface area contributed by atoms with E-state index in [1.807, 2.05) is 26.8 Å². The smallest absolute Gasteiger partial charge is 0.219 e. The summed E-state index contributed by atoms with van der Waals surface area (Å²) in [5.74, 6) is 1.20. The summed E-state index contributed by atoms with van der Waals surface area (Å²) in [6.45, 7) is 6.06. The fraction of sp³-hybridized carbons (Fsp3) is 0.200. The van der Waals surface area contributed by atoms with E-state index >= 15 is 0 Å². The number of hydrogen-bond donors (Lipinski definition) is 2. The van der Waals surface area contributed by atoms with Crippen molar-refractivity contribution in [2.75, 3.05) is 0 Å². The van der Waals surface area contributed by atoms with Gasteiger partial charge in [-0.25, -0.2) is 4.98 Å². The van der Waals surface area contributed by atoms with Crippen LogP contribution in [0, 0.1) is 26.2 Å². The topological polar surface area (TPSA) is 72.0 Å². The number of pyridine rings is 1. The lowest BCUT2D eigenvalue weighted by atomic mass is 10.1. The van der Waals surface area contributed by atoms with E-state index in [-0.39, 0.29) is 5.84 Å². The van der Waals surface area contributed by atoms with Gasteiger partial charge in [0.1, 0.15) is 17.3 Å². The number of aromatic nitrogens is 1. The third kappa shape index (κ3) is 2.73. The Labute approximate surface area is 112 Å². The highest BCUT2D eigenvalue weighted by Gasteiger charge is 2.09. The molecule has 4 nitrogen and oxygen atoms in total. The molecule has 0 atom stereocenters. The molecule has 1 aromatic carbocycles. The van der Waals surface area contributed by atoms with Crippen molar-refractivity contribution < 1.29 is 4.74 Å². The Kier molecular flexibility index (Phi) is 3.51. The molecule has 0 aliphatic rings. The highest BCUT2D eigenvalue weighted by atomic mass is 16.5. The molecular weight excluding hydrogens is 238 g/mol. The largest absolute Gasteiger partial charge is 0.438 e. The van der Waals surface area contributed by atoms with Gasteiger partial charge in [-0.2, -0.15) is 0 Å². The number of aryl methyl sites for hydroxylation is 2. The Morgan fingerprint density at radius 2 is 1.79 bits per heavy atom. The van der Waals surface area contributed by atoms with Crippen LogP contribution >= 0.6 is 0 Å². The number of nitrogens with zero attached hydrogens (tertiary/aromatic N) is 1. The molecule has 0 saturated carbocycles. The highest BCUT2D eigenvalue weighted by molar-refractivity contribution is 5.93. The molecule has 1 heterocycles. The van der Waals surface area contributed by atoms with Gasteiger partial charge in [0.15, 0.2) is 0 Å². The maximum atomic E-state index is 7.39. The van der Waals surface area contributed by atoms with Crippen LogP contribution in [-0.4, -0.2) is 10.8 Å². The number of benzene rings is 1. The first-order valence-corrected chi connectivity index (χ1v) is 6.05. The minimum absolute atomic E-state index is 0.0665. The first-order chi connectivity index (χ1) is 8.99. The molecule has 19 heavy (non-hydrogen) atoms. The third-order valence-corrected chi connectivity index (χ3v) is 3.08. The lowest BCUT2D eigenvalue weighted by molar-refractivity contribution is 0.455. The van der Waals surface area contributed by atoms with Gasteiger partial charge in [-0.1, -0.05) is 18.2 Å². The molecule has 98 valence electrons. The normalized spacial score (nSPS) is 10.3. The molecule has 4 heteroatoms. The van der Waals surface area contributed by atoms with Crippen molar-refractivity contribution in [1.29, 1.82) is 5.41 Å². The van der Waals surface area contributed by atoms with Crippen molar-refractivity contribution in [3.63, 3.8) is 0 Å². The van der Waals surface area contributed by atoms with Crippen LogP contribution < -0.4 is 10.5 Å². The first-order valence-electron chi connectivity index (χ1n) is 6.05. The van der Waals surface area contributed by atoms with Gasteiger partial charge in [-0.05, 0) is 43.5 Å². The summed E-state index contributed by atoms with van der Waals surface area (Å²) in [5, 5.41) is 7.39. The number of rotatable bonds is 3. The molecule has 2 aromatic rings. The van der Waals surface area contributed by atoms with Gasteiger partial charge in [0.05, 0.1) is 0 Å². The zero-order chi connectivity index (χ0) is 14.0. The first kappa shape index (κ1) is 13.1. The van der Waals surface area contributed by atoms with Crippen molar-refractivity contribution in [2.45, 2.75) is 20.8 Å². The third-order valence-electron chi connectivity index (χ3n) is 3.08. The van der Waals surface area contributed by atoms with Crippen LogP contribution in [0.15, 0.2) is 30.3 Å². The molecule has 1 aromatic heterocycles. The van der Waals surface area contributed by atoms with Gasteiger partial charge in [0.25, 0.3) is 0 Å². The minimum atomic E-state index is -0.0665. The Hall–Kier alpha value is -2.36. The molecule has 0 radical (unpaired) electrons. The summed E-state index contributed by atoms with van der Waals surface area (Å²) in [7, 11) is 0. The Morgan fingerprint density at radius 3 is 2.47 bits per heavy atom. The molecule has 0 spiro atoms. The standard InChI is InChI=1S/C15H17N3O/c1-9-7-8-10(2)14(11(9)3)19-13-6-4-5-12(18-13)15(16)17/h4-8H,1-3H3,(H3,16,17). The second kappa shape index (κ2) is 5.10. The van der Waals surface area contributed by atoms with E-state index in [1.54, 1.807) is 18.2 Å². The summed E-state index contributed by atoms with van der Waals surface area (Å²) in [6.07, 6.45) is 0. The van der Waals surface area contributed by atoms with Gasteiger partial charge >= 0.3 is 0 Å². The minimum Gasteiger partial charge on any atom is -0.438 e. The summed E-state index contributed by atoms with van der Waals surface area (Å²) >= 11 is 0. The van der Waals surface area contributed by atoms with Crippen LogP contribution in [0.3, 0.4) is 0 Å². The van der Waals surface area contributed by atoms with Crippen LogP contribution in [0.1, 0.15) is 22.4 Å². The van der Waals surface area contributed by atoms with Crippen molar-refractivity contribution in [2.24, 2.45) is 5.73 Å². The van der Waals surface area contributed by atoms with E-state index in [4.69, 9.17) is 15.9 Å². The van der Waals surface area contributed by atoms with E-state index < -0.39 is 0 Å². The van der Waals surface area contributed by atoms with Crippen molar-refractivity contribution in [1.82, 2.24) is 4.98 Å². The number of amidine groups is 1. The molecule has 0 aliphatic heterocycles. The molecular formula is C15H17N3O. The van der Waals surface area contributed by atoms with E-state index in [9.17, 15) is 0 Å². The Morgan fingerprint density at radius 1 is 1.11 bits per heavy atom. The lowest BCUT2D eigenvalue weighted by Gasteiger charge is -2.13. The van der Waals surface area contributed by atoms with Crippen LogP contribution in [0.5, 0.6) is 11.6 Å². The molecule has 0 unspecified atom stereocenters. The molecule has 0 amide bonds. The molecule has 0 fully saturated rings. The molecule has 3 N–H and O–H groups in total. The molecule has 0 saturated heterocycles. The number of nitrogen functional groups attached to an aromatic ring is 1. The van der Waals surface area contributed by atoms with Gasteiger partial charge in [0, 0.05) is 6.07 Å². The summed E-state index contributed by atoms with van der Waals surface area (Å²) in [6, 6.07) is 9.31. The average Bonchev–Trinajstić information content (AvgIpc) is 2.39. The van der Waals surface area contributed by atoms with Crippen molar-refractivity contribution >= 4 is 5.84 Å². The second-order valence-corrected chi connectivity index (χ2v) is 4.53. The van der Waals surface area contributed by atoms with E-state index in [1.165, 1.54) is 5.56 Å². The number of ether oxygens (including phenoxy) is 1. The maximum absolute atomic E-state index is 7.39. The Bertz CT molecular complexity index is 635. The van der Waals surface area contributed by atoms with Crippen LogP contribution in [0.4, 0.5) is 0 Å². The average molecular weight is 255 g/mol. The number of nitrogens with one attached hydrogen (secondary N) is 1. The number of nitrogens with two attached hydrogens (primary N) is 1. The molecule has 0 aliphatic carbocycles. The summed E-state index contributed by atoms with van der Waals surface area (Å²) in [5.41, 5.74) is 9.16. The van der Waals surface area contributed by atoms with Gasteiger partial charge < -0.3 is 10.5 Å². The predicted molar refractivity (Wildman–Crippen MR) is 76.0 cm³/mol. The zero-order valence-corrected chi connectivity index (χ0v) is 11.3. The molecule has 0 bridgehead atoms. The second-order valence-electron chi connectivity index (χ2n) is 4.53.